The fourth-order valence-electron chi connectivity index (χ4n) is 4.32. The monoisotopic (exact) mass is 612 g/mol. The van der Waals surface area contributed by atoms with Gasteiger partial charge >= 0.3 is 0 Å². The zero-order valence-corrected chi connectivity index (χ0v) is 24.1. The molecule has 3 aromatic carbocycles. The fourth-order valence-corrected chi connectivity index (χ4v) is 5.16. The Labute approximate surface area is 251 Å². The second-order valence-electron chi connectivity index (χ2n) is 9.03. The number of anilines is 2. The van der Waals surface area contributed by atoms with Crippen molar-refractivity contribution in [2.75, 3.05) is 36.4 Å². The molecule has 0 bridgehead atoms. The van der Waals surface area contributed by atoms with Crippen LogP contribution < -0.4 is 15.5 Å². The van der Waals surface area contributed by atoms with Gasteiger partial charge in [-0.3, -0.25) is 14.9 Å². The number of hydrogen-bond donors (Lipinski definition) is 2. The number of piperazine rings is 1. The summed E-state index contributed by atoms with van der Waals surface area (Å²) in [7, 11) is 0. The Hall–Kier alpha value is -3.56. The van der Waals surface area contributed by atoms with Crippen molar-refractivity contribution in [1.29, 1.82) is 0 Å². The van der Waals surface area contributed by atoms with Crippen LogP contribution in [0.25, 0.3) is 11.3 Å². The molecule has 40 heavy (non-hydrogen) atoms. The Morgan fingerprint density at radius 2 is 1.48 bits per heavy atom. The highest BCUT2D eigenvalue weighted by Crippen LogP contribution is 2.31. The summed E-state index contributed by atoms with van der Waals surface area (Å²) in [4.78, 5) is 29.5. The summed E-state index contributed by atoms with van der Waals surface area (Å²) in [5.41, 5.74) is 3.01. The molecule has 1 aliphatic rings. The molecule has 1 saturated heterocycles. The molecule has 1 aliphatic heterocycles. The first kappa shape index (κ1) is 28.0. The Morgan fingerprint density at radius 3 is 2.15 bits per heavy atom. The van der Waals surface area contributed by atoms with Crippen LogP contribution in [0.3, 0.4) is 0 Å². The molecule has 1 aromatic heterocycles. The lowest BCUT2D eigenvalue weighted by Gasteiger charge is -2.36. The highest BCUT2D eigenvalue weighted by atomic mass is 35.5. The van der Waals surface area contributed by atoms with Crippen LogP contribution in [0.4, 0.5) is 11.4 Å². The average Bonchev–Trinajstić information content (AvgIpc) is 3.44. The third-order valence-corrected chi connectivity index (χ3v) is 7.41. The smallest absolute Gasteiger partial charge is 0.293 e. The molecule has 4 aromatic rings. The molecule has 0 atom stereocenters. The van der Waals surface area contributed by atoms with Gasteiger partial charge in [-0.2, -0.15) is 0 Å². The van der Waals surface area contributed by atoms with Gasteiger partial charge in [-0.25, -0.2) is 0 Å². The molecule has 204 valence electrons. The van der Waals surface area contributed by atoms with E-state index in [1.54, 1.807) is 54.6 Å². The van der Waals surface area contributed by atoms with Gasteiger partial charge in [0.25, 0.3) is 11.8 Å². The normalized spacial score (nSPS) is 13.2. The van der Waals surface area contributed by atoms with Crippen molar-refractivity contribution in [1.82, 2.24) is 10.2 Å². The topological polar surface area (TPSA) is 77.8 Å². The Kier molecular flexibility index (Phi) is 8.61. The predicted octanol–water partition coefficient (Wildman–Crippen LogP) is 7.00. The molecule has 0 spiro atoms. The van der Waals surface area contributed by atoms with Crippen LogP contribution in [0.15, 0.2) is 83.3 Å². The largest absolute Gasteiger partial charge is 0.451 e. The number of thiocarbonyl (C=S) groups is 1. The first-order valence-corrected chi connectivity index (χ1v) is 13.9. The van der Waals surface area contributed by atoms with Gasteiger partial charge in [0, 0.05) is 58.7 Å². The van der Waals surface area contributed by atoms with Crippen LogP contribution >= 0.6 is 47.0 Å². The van der Waals surface area contributed by atoms with Gasteiger partial charge in [0.1, 0.15) is 5.76 Å². The first-order valence-electron chi connectivity index (χ1n) is 12.3. The predicted molar refractivity (Wildman–Crippen MR) is 164 cm³/mol. The van der Waals surface area contributed by atoms with Crippen molar-refractivity contribution in [2.45, 2.75) is 0 Å². The van der Waals surface area contributed by atoms with Gasteiger partial charge in [0.2, 0.25) is 0 Å². The minimum absolute atomic E-state index is 0.00553. The molecular formula is C29H23Cl3N4O3S. The minimum atomic E-state index is -0.489. The van der Waals surface area contributed by atoms with Crippen molar-refractivity contribution in [3.05, 3.63) is 105 Å². The molecule has 5 rings (SSSR count). The summed E-state index contributed by atoms with van der Waals surface area (Å²) in [5.74, 6) is 0.0492. The lowest BCUT2D eigenvalue weighted by atomic mass is 10.1. The summed E-state index contributed by atoms with van der Waals surface area (Å²) in [6.45, 7) is 2.67. The van der Waals surface area contributed by atoms with Crippen LogP contribution in [-0.4, -0.2) is 48.0 Å². The molecule has 0 unspecified atom stereocenters. The lowest BCUT2D eigenvalue weighted by molar-refractivity contribution is 0.0746. The number of nitrogens with zero attached hydrogens (tertiary/aromatic N) is 2. The molecule has 7 nitrogen and oxygen atoms in total. The number of amides is 2. The van der Waals surface area contributed by atoms with E-state index in [0.717, 1.165) is 11.4 Å². The maximum Gasteiger partial charge on any atom is 0.293 e. The van der Waals surface area contributed by atoms with Crippen LogP contribution in [-0.2, 0) is 0 Å². The summed E-state index contributed by atoms with van der Waals surface area (Å²) in [6.07, 6.45) is 0. The van der Waals surface area contributed by atoms with Crippen LogP contribution in [0.2, 0.25) is 15.1 Å². The van der Waals surface area contributed by atoms with Crippen LogP contribution in [0.5, 0.6) is 0 Å². The molecule has 2 N–H and O–H groups in total. The number of furan rings is 1. The van der Waals surface area contributed by atoms with Gasteiger partial charge < -0.3 is 19.5 Å². The van der Waals surface area contributed by atoms with E-state index in [1.807, 2.05) is 29.2 Å². The van der Waals surface area contributed by atoms with Crippen LogP contribution in [0, 0.1) is 0 Å². The molecule has 1 fully saturated rings. The Morgan fingerprint density at radius 1 is 0.800 bits per heavy atom. The van der Waals surface area contributed by atoms with Crippen molar-refractivity contribution in [3.8, 4) is 11.3 Å². The van der Waals surface area contributed by atoms with E-state index in [1.165, 1.54) is 0 Å². The van der Waals surface area contributed by atoms with Gasteiger partial charge in [-0.15, -0.1) is 0 Å². The van der Waals surface area contributed by atoms with E-state index in [0.29, 0.717) is 58.1 Å². The first-order chi connectivity index (χ1) is 19.3. The standard InChI is InChI=1S/C29H23Cl3N4O3S/c30-19-3-1-18(2-4-19)28(38)36-15-13-35(14-16-36)22-8-6-21(7-9-22)33-29(40)34-27(37)26-12-11-25(39-26)23-10-5-20(31)17-24(23)32/h1-12,17H,13-16H2,(H2,33,34,37,40). The van der Waals surface area contributed by atoms with E-state index >= 15 is 0 Å². The highest BCUT2D eigenvalue weighted by Gasteiger charge is 2.22. The fraction of sp³-hybridized carbons (Fsp3) is 0.138. The molecule has 2 amide bonds. The van der Waals surface area contributed by atoms with Crippen LogP contribution in [0.1, 0.15) is 20.9 Å². The molecule has 2 heterocycles. The molecule has 0 radical (unpaired) electrons. The van der Waals surface area contributed by atoms with Gasteiger partial charge in [-0.05, 0) is 91.1 Å². The number of benzene rings is 3. The Balaban J connectivity index is 1.12. The third-order valence-electron chi connectivity index (χ3n) is 6.40. The van der Waals surface area contributed by atoms with Crippen molar-refractivity contribution in [2.24, 2.45) is 0 Å². The summed E-state index contributed by atoms with van der Waals surface area (Å²) in [6, 6.07) is 22.9. The van der Waals surface area contributed by atoms with Gasteiger partial charge in [0.05, 0.1) is 5.02 Å². The number of halogens is 3. The van der Waals surface area contributed by atoms with Gasteiger partial charge in [-0.1, -0.05) is 34.8 Å². The number of carbonyl (C=O) groups excluding carboxylic acids is 2. The summed E-state index contributed by atoms with van der Waals surface area (Å²) >= 11 is 23.4. The van der Waals surface area contributed by atoms with E-state index in [4.69, 9.17) is 51.4 Å². The van der Waals surface area contributed by atoms with E-state index in [-0.39, 0.29) is 16.8 Å². The molecule has 0 saturated carbocycles. The SMILES string of the molecule is O=C(NC(=S)Nc1ccc(N2CCN(C(=O)c3ccc(Cl)cc3)CC2)cc1)c1ccc(-c2ccc(Cl)cc2Cl)o1. The maximum absolute atomic E-state index is 12.8. The second kappa shape index (κ2) is 12.3. The number of hydrogen-bond acceptors (Lipinski definition) is 5. The van der Waals surface area contributed by atoms with Crippen molar-refractivity contribution < 1.29 is 14.0 Å². The zero-order valence-electron chi connectivity index (χ0n) is 21.0. The average molecular weight is 614 g/mol. The second-order valence-corrected chi connectivity index (χ2v) is 10.7. The zero-order chi connectivity index (χ0) is 28.2. The number of rotatable bonds is 5. The molecule has 0 aliphatic carbocycles. The van der Waals surface area contributed by atoms with E-state index in [9.17, 15) is 9.59 Å². The quantitative estimate of drug-likeness (QED) is 0.236. The number of nitrogens with one attached hydrogen (secondary N) is 2. The molecule has 11 heteroatoms. The lowest BCUT2D eigenvalue weighted by Crippen LogP contribution is -2.48. The third kappa shape index (κ3) is 6.59. The number of carbonyl (C=O) groups is 2. The van der Waals surface area contributed by atoms with Crippen molar-refractivity contribution in [3.63, 3.8) is 0 Å². The summed E-state index contributed by atoms with van der Waals surface area (Å²) in [5, 5.41) is 7.30. The van der Waals surface area contributed by atoms with Gasteiger partial charge in [0.15, 0.2) is 10.9 Å². The summed E-state index contributed by atoms with van der Waals surface area (Å²) < 4.78 is 5.68. The molecular weight excluding hydrogens is 591 g/mol. The Bertz CT molecular complexity index is 1550. The minimum Gasteiger partial charge on any atom is -0.451 e. The van der Waals surface area contributed by atoms with E-state index in [2.05, 4.69) is 15.5 Å². The maximum atomic E-state index is 12.8. The van der Waals surface area contributed by atoms with E-state index < -0.39 is 5.91 Å². The highest BCUT2D eigenvalue weighted by molar-refractivity contribution is 7.80. The van der Waals surface area contributed by atoms with Crippen molar-refractivity contribution >= 4 is 75.3 Å².